The van der Waals surface area contributed by atoms with Crippen molar-refractivity contribution in [2.45, 2.75) is 13.8 Å². The van der Waals surface area contributed by atoms with Gasteiger partial charge in [-0.3, -0.25) is 4.79 Å². The Morgan fingerprint density at radius 2 is 1.80 bits per heavy atom. The summed E-state index contributed by atoms with van der Waals surface area (Å²) >= 11 is 0. The van der Waals surface area contributed by atoms with Crippen LogP contribution in [0.4, 0.5) is 21.7 Å². The van der Waals surface area contributed by atoms with E-state index in [-0.39, 0.29) is 23.4 Å². The molecule has 5 nitrogen and oxygen atoms in total. The van der Waals surface area contributed by atoms with Crippen LogP contribution in [0.5, 0.6) is 0 Å². The minimum Gasteiger partial charge on any atom is -0.324 e. The molecule has 0 bridgehead atoms. The van der Waals surface area contributed by atoms with Gasteiger partial charge in [-0.15, -0.1) is 0 Å². The Labute approximate surface area is 145 Å². The number of carbonyl (C=O) groups excluding carboxylic acids is 1. The summed E-state index contributed by atoms with van der Waals surface area (Å²) in [7, 11) is 0. The van der Waals surface area contributed by atoms with Crippen LogP contribution in [0.25, 0.3) is 0 Å². The van der Waals surface area contributed by atoms with Crippen LogP contribution >= 0.6 is 0 Å². The van der Waals surface area contributed by atoms with E-state index >= 15 is 0 Å². The van der Waals surface area contributed by atoms with Crippen LogP contribution in [0.3, 0.4) is 0 Å². The summed E-state index contributed by atoms with van der Waals surface area (Å²) in [6, 6.07) is 13.1. The average Bonchev–Trinajstić information content (AvgIpc) is 2.60. The lowest BCUT2D eigenvalue weighted by molar-refractivity contribution is 0.102. The number of hydrogen-bond acceptors (Lipinski definition) is 4. The first-order chi connectivity index (χ1) is 12.0. The fourth-order valence-electron chi connectivity index (χ4n) is 2.35. The molecule has 126 valence electrons. The third-order valence-corrected chi connectivity index (χ3v) is 3.62. The first-order valence-corrected chi connectivity index (χ1v) is 7.75. The number of aryl methyl sites for hydroxylation is 2. The highest BCUT2D eigenvalue weighted by Gasteiger charge is 2.11. The summed E-state index contributed by atoms with van der Waals surface area (Å²) in [5, 5.41) is 5.79. The van der Waals surface area contributed by atoms with Crippen molar-refractivity contribution < 1.29 is 9.18 Å². The monoisotopic (exact) mass is 336 g/mol. The maximum Gasteiger partial charge on any atom is 0.274 e. The van der Waals surface area contributed by atoms with Gasteiger partial charge in [0.1, 0.15) is 11.5 Å². The number of amides is 1. The molecule has 0 radical (unpaired) electrons. The van der Waals surface area contributed by atoms with Crippen molar-refractivity contribution in [3.8, 4) is 0 Å². The Hall–Kier alpha value is -3.28. The van der Waals surface area contributed by atoms with Crippen LogP contribution in [-0.4, -0.2) is 15.9 Å². The lowest BCUT2D eigenvalue weighted by atomic mass is 10.1. The van der Waals surface area contributed by atoms with Crippen LogP contribution in [-0.2, 0) is 0 Å². The molecule has 0 aliphatic heterocycles. The lowest BCUT2D eigenvalue weighted by Crippen LogP contribution is -2.15. The SMILES string of the molecule is Cc1ccc(NC(=O)c2ccnc(Nc3ccc(F)cc3)n2)c(C)c1. The summed E-state index contributed by atoms with van der Waals surface area (Å²) in [5.74, 6) is -0.385. The van der Waals surface area contributed by atoms with Gasteiger partial charge >= 0.3 is 0 Å². The second kappa shape index (κ2) is 7.09. The minimum atomic E-state index is -0.326. The Morgan fingerprint density at radius 1 is 1.04 bits per heavy atom. The fraction of sp³-hybridized carbons (Fsp3) is 0.105. The van der Waals surface area contributed by atoms with Gasteiger partial charge < -0.3 is 10.6 Å². The van der Waals surface area contributed by atoms with E-state index in [1.54, 1.807) is 12.1 Å². The normalized spacial score (nSPS) is 10.4. The van der Waals surface area contributed by atoms with Crippen LogP contribution in [0.2, 0.25) is 0 Å². The number of nitrogens with one attached hydrogen (secondary N) is 2. The second-order valence-electron chi connectivity index (χ2n) is 5.67. The summed E-state index contributed by atoms with van der Waals surface area (Å²) < 4.78 is 12.9. The predicted octanol–water partition coefficient (Wildman–Crippen LogP) is 4.23. The standard InChI is InChI=1S/C19H17FN4O/c1-12-3-8-16(13(2)11-12)23-18(25)17-9-10-21-19(24-17)22-15-6-4-14(20)5-7-15/h3-11H,1-2H3,(H,23,25)(H,21,22,24). The number of benzene rings is 2. The zero-order valence-corrected chi connectivity index (χ0v) is 13.9. The first-order valence-electron chi connectivity index (χ1n) is 7.75. The number of nitrogens with zero attached hydrogens (tertiary/aromatic N) is 2. The highest BCUT2D eigenvalue weighted by molar-refractivity contribution is 6.03. The largest absolute Gasteiger partial charge is 0.324 e. The van der Waals surface area contributed by atoms with Gasteiger partial charge in [0.25, 0.3) is 5.91 Å². The van der Waals surface area contributed by atoms with Crippen molar-refractivity contribution in [3.05, 3.63) is 77.4 Å². The van der Waals surface area contributed by atoms with Crippen LogP contribution in [0.1, 0.15) is 21.6 Å². The van der Waals surface area contributed by atoms with E-state index in [1.807, 2.05) is 32.0 Å². The van der Waals surface area contributed by atoms with E-state index in [2.05, 4.69) is 20.6 Å². The van der Waals surface area contributed by atoms with E-state index in [0.717, 1.165) is 16.8 Å². The molecule has 1 aromatic heterocycles. The van der Waals surface area contributed by atoms with Crippen molar-refractivity contribution in [3.63, 3.8) is 0 Å². The number of hydrogen-bond donors (Lipinski definition) is 2. The molecule has 1 heterocycles. The number of carbonyl (C=O) groups is 1. The molecule has 0 aliphatic rings. The highest BCUT2D eigenvalue weighted by Crippen LogP contribution is 2.17. The first kappa shape index (κ1) is 16.6. The van der Waals surface area contributed by atoms with E-state index < -0.39 is 0 Å². The van der Waals surface area contributed by atoms with Gasteiger partial charge in [-0.05, 0) is 55.8 Å². The molecule has 0 atom stereocenters. The van der Waals surface area contributed by atoms with Gasteiger partial charge in [0.05, 0.1) is 0 Å². The molecule has 25 heavy (non-hydrogen) atoms. The molecule has 3 aromatic rings. The second-order valence-corrected chi connectivity index (χ2v) is 5.67. The fourth-order valence-corrected chi connectivity index (χ4v) is 2.35. The third-order valence-electron chi connectivity index (χ3n) is 3.62. The topological polar surface area (TPSA) is 66.9 Å². The van der Waals surface area contributed by atoms with E-state index in [1.165, 1.54) is 24.4 Å². The predicted molar refractivity (Wildman–Crippen MR) is 95.6 cm³/mol. The Kier molecular flexibility index (Phi) is 4.70. The minimum absolute atomic E-state index is 0.236. The Morgan fingerprint density at radius 3 is 2.52 bits per heavy atom. The zero-order chi connectivity index (χ0) is 17.8. The lowest BCUT2D eigenvalue weighted by Gasteiger charge is -2.10. The van der Waals surface area contributed by atoms with Crippen LogP contribution < -0.4 is 10.6 Å². The molecule has 0 spiro atoms. The van der Waals surface area contributed by atoms with Gasteiger partial charge in [0, 0.05) is 17.6 Å². The maximum absolute atomic E-state index is 12.9. The zero-order valence-electron chi connectivity index (χ0n) is 13.9. The van der Waals surface area contributed by atoms with E-state index in [0.29, 0.717) is 5.69 Å². The highest BCUT2D eigenvalue weighted by atomic mass is 19.1. The summed E-state index contributed by atoms with van der Waals surface area (Å²) in [6.45, 7) is 3.93. The third kappa shape index (κ3) is 4.17. The average molecular weight is 336 g/mol. The van der Waals surface area contributed by atoms with Crippen LogP contribution in [0.15, 0.2) is 54.7 Å². The van der Waals surface area contributed by atoms with Crippen molar-refractivity contribution in [1.29, 1.82) is 0 Å². The van der Waals surface area contributed by atoms with E-state index in [4.69, 9.17) is 0 Å². The smallest absolute Gasteiger partial charge is 0.274 e. The molecular formula is C19H17FN4O. The van der Waals surface area contributed by atoms with Crippen molar-refractivity contribution in [1.82, 2.24) is 9.97 Å². The molecule has 2 N–H and O–H groups in total. The maximum atomic E-state index is 12.9. The molecule has 0 aliphatic carbocycles. The summed E-state index contributed by atoms with van der Waals surface area (Å²) in [5.41, 5.74) is 3.71. The molecule has 1 amide bonds. The molecule has 0 saturated carbocycles. The molecule has 2 aromatic carbocycles. The molecule has 0 unspecified atom stereocenters. The number of aromatic nitrogens is 2. The number of halogens is 1. The summed E-state index contributed by atoms with van der Waals surface area (Å²) in [4.78, 5) is 20.7. The molecule has 0 saturated heterocycles. The van der Waals surface area contributed by atoms with Crippen molar-refractivity contribution in [2.24, 2.45) is 0 Å². The molecule has 3 rings (SSSR count). The van der Waals surface area contributed by atoms with E-state index in [9.17, 15) is 9.18 Å². The van der Waals surface area contributed by atoms with Crippen LogP contribution in [0, 0.1) is 19.7 Å². The molecule has 0 fully saturated rings. The number of rotatable bonds is 4. The van der Waals surface area contributed by atoms with Gasteiger partial charge in [0.2, 0.25) is 5.95 Å². The Bertz CT molecular complexity index is 910. The number of anilines is 3. The van der Waals surface area contributed by atoms with Crippen molar-refractivity contribution in [2.75, 3.05) is 10.6 Å². The van der Waals surface area contributed by atoms with Crippen molar-refractivity contribution >= 4 is 23.2 Å². The van der Waals surface area contributed by atoms with Gasteiger partial charge in [-0.2, -0.15) is 0 Å². The Balaban J connectivity index is 1.76. The van der Waals surface area contributed by atoms with Gasteiger partial charge in [-0.1, -0.05) is 17.7 Å². The quantitative estimate of drug-likeness (QED) is 0.748. The van der Waals surface area contributed by atoms with Gasteiger partial charge in [0.15, 0.2) is 0 Å². The summed E-state index contributed by atoms with van der Waals surface area (Å²) in [6.07, 6.45) is 1.50. The molecular weight excluding hydrogens is 319 g/mol. The van der Waals surface area contributed by atoms with Gasteiger partial charge in [-0.25, -0.2) is 14.4 Å². The molecule has 6 heteroatoms.